The maximum Gasteiger partial charge on any atom is 0.115 e. The zero-order valence-corrected chi connectivity index (χ0v) is 13.8. The van der Waals surface area contributed by atoms with E-state index < -0.39 is 0 Å². The minimum absolute atomic E-state index is 0.153. The molecule has 0 saturated heterocycles. The van der Waals surface area contributed by atoms with E-state index in [4.69, 9.17) is 0 Å². The molecule has 2 rings (SSSR count). The average molecular weight is 466 g/mol. The van der Waals surface area contributed by atoms with Gasteiger partial charge in [-0.15, -0.1) is 0 Å². The number of halogens is 2. The van der Waals surface area contributed by atoms with Gasteiger partial charge in [-0.05, 0) is 35.4 Å². The van der Waals surface area contributed by atoms with Crippen molar-refractivity contribution in [1.29, 1.82) is 0 Å². The fraction of sp³-hybridized carbons (Fsp3) is 0.143. The Bertz CT molecular complexity index is 475. The van der Waals surface area contributed by atoms with E-state index in [2.05, 4.69) is 45.2 Å². The summed E-state index contributed by atoms with van der Waals surface area (Å²) in [6.45, 7) is 0. The van der Waals surface area contributed by atoms with Crippen LogP contribution in [0.15, 0.2) is 48.5 Å². The lowest BCUT2D eigenvalue weighted by Crippen LogP contribution is -2.21. The van der Waals surface area contributed by atoms with Crippen LogP contribution in [0.2, 0.25) is 0 Å². The van der Waals surface area contributed by atoms with E-state index in [9.17, 15) is 10.2 Å². The minimum atomic E-state index is -0.153. The summed E-state index contributed by atoms with van der Waals surface area (Å²) < 4.78 is 0.751. The van der Waals surface area contributed by atoms with Crippen LogP contribution in [0.3, 0.4) is 0 Å². The van der Waals surface area contributed by atoms with Crippen molar-refractivity contribution < 1.29 is 10.2 Å². The predicted molar refractivity (Wildman–Crippen MR) is 89.9 cm³/mol. The standard InChI is InChI=1S/C14H12I2O2/c15-9-14(16,10-1-5-12(17)6-2-10)11-3-7-13(18)8-4-11/h1-8,17-18H,9H2. The van der Waals surface area contributed by atoms with Gasteiger partial charge in [-0.3, -0.25) is 0 Å². The third-order valence-electron chi connectivity index (χ3n) is 2.83. The second kappa shape index (κ2) is 5.64. The van der Waals surface area contributed by atoms with E-state index in [-0.39, 0.29) is 14.9 Å². The van der Waals surface area contributed by atoms with Crippen LogP contribution < -0.4 is 0 Å². The summed E-state index contributed by atoms with van der Waals surface area (Å²) in [5.74, 6) is 0.549. The van der Waals surface area contributed by atoms with Crippen molar-refractivity contribution >= 4 is 45.2 Å². The first kappa shape index (κ1) is 13.9. The number of benzene rings is 2. The summed E-state index contributed by atoms with van der Waals surface area (Å²) in [6.07, 6.45) is 0. The minimum Gasteiger partial charge on any atom is -0.508 e. The first-order valence-corrected chi connectivity index (χ1v) is 8.00. The van der Waals surface area contributed by atoms with Crippen LogP contribution in [0.25, 0.3) is 0 Å². The van der Waals surface area contributed by atoms with Gasteiger partial charge in [0.2, 0.25) is 0 Å². The van der Waals surface area contributed by atoms with Crippen molar-refractivity contribution in [1.82, 2.24) is 0 Å². The highest BCUT2D eigenvalue weighted by molar-refractivity contribution is 14.1. The van der Waals surface area contributed by atoms with Gasteiger partial charge in [0.15, 0.2) is 0 Å². The normalized spacial score (nSPS) is 11.4. The highest BCUT2D eigenvalue weighted by atomic mass is 127. The van der Waals surface area contributed by atoms with E-state index in [1.165, 1.54) is 0 Å². The number of phenols is 2. The SMILES string of the molecule is Oc1ccc(C(I)(CI)c2ccc(O)cc2)cc1. The van der Waals surface area contributed by atoms with E-state index in [1.54, 1.807) is 24.3 Å². The summed E-state index contributed by atoms with van der Waals surface area (Å²) in [6, 6.07) is 14.6. The number of aromatic hydroxyl groups is 2. The first-order chi connectivity index (χ1) is 8.56. The molecule has 18 heavy (non-hydrogen) atoms. The number of hydrogen-bond donors (Lipinski definition) is 2. The summed E-state index contributed by atoms with van der Waals surface area (Å²) in [5, 5.41) is 18.7. The third-order valence-corrected chi connectivity index (χ3v) is 7.06. The van der Waals surface area contributed by atoms with Gasteiger partial charge in [0.25, 0.3) is 0 Å². The first-order valence-electron chi connectivity index (χ1n) is 5.40. The van der Waals surface area contributed by atoms with E-state index in [0.717, 1.165) is 15.6 Å². The molecule has 94 valence electrons. The molecule has 4 heteroatoms. The summed E-state index contributed by atoms with van der Waals surface area (Å²) in [5.41, 5.74) is 2.28. The number of phenolic OH excluding ortho intramolecular Hbond substituents is 2. The van der Waals surface area contributed by atoms with Gasteiger partial charge < -0.3 is 10.2 Å². The Hall–Kier alpha value is -0.500. The Morgan fingerprint density at radius 3 is 1.39 bits per heavy atom. The topological polar surface area (TPSA) is 40.5 Å². The van der Waals surface area contributed by atoms with Crippen LogP contribution in [0, 0.1) is 0 Å². The van der Waals surface area contributed by atoms with Crippen LogP contribution in [0.4, 0.5) is 0 Å². The Kier molecular flexibility index (Phi) is 4.37. The maximum atomic E-state index is 9.36. The van der Waals surface area contributed by atoms with Crippen molar-refractivity contribution in [3.8, 4) is 11.5 Å². The Morgan fingerprint density at radius 2 is 1.11 bits per heavy atom. The molecular weight excluding hydrogens is 454 g/mol. The molecule has 2 aromatic rings. The molecule has 0 saturated carbocycles. The Morgan fingerprint density at radius 1 is 0.778 bits per heavy atom. The average Bonchev–Trinajstić information content (AvgIpc) is 2.39. The molecule has 0 bridgehead atoms. The second-order valence-electron chi connectivity index (χ2n) is 4.03. The Labute approximate surface area is 133 Å². The van der Waals surface area contributed by atoms with Crippen molar-refractivity contribution in [3.05, 3.63) is 59.7 Å². The lowest BCUT2D eigenvalue weighted by molar-refractivity contribution is 0.475. The number of alkyl halides is 2. The molecular formula is C14H12I2O2. The van der Waals surface area contributed by atoms with Crippen molar-refractivity contribution in [2.45, 2.75) is 3.42 Å². The largest absolute Gasteiger partial charge is 0.508 e. The lowest BCUT2D eigenvalue weighted by Gasteiger charge is -2.26. The highest BCUT2D eigenvalue weighted by Crippen LogP contribution is 2.41. The molecule has 2 nitrogen and oxygen atoms in total. The summed E-state index contributed by atoms with van der Waals surface area (Å²) in [7, 11) is 0. The van der Waals surface area contributed by atoms with Gasteiger partial charge >= 0.3 is 0 Å². The molecule has 0 unspecified atom stereocenters. The predicted octanol–water partition coefficient (Wildman–Crippen LogP) is 4.21. The van der Waals surface area contributed by atoms with Gasteiger partial charge in [-0.2, -0.15) is 0 Å². The fourth-order valence-electron chi connectivity index (χ4n) is 1.77. The molecule has 0 aliphatic carbocycles. The van der Waals surface area contributed by atoms with Crippen LogP contribution in [-0.2, 0) is 3.42 Å². The lowest BCUT2D eigenvalue weighted by atomic mass is 9.93. The molecule has 0 aromatic heterocycles. The monoisotopic (exact) mass is 466 g/mol. The van der Waals surface area contributed by atoms with Crippen LogP contribution in [0.1, 0.15) is 11.1 Å². The van der Waals surface area contributed by atoms with Crippen molar-refractivity contribution in [2.24, 2.45) is 0 Å². The summed E-state index contributed by atoms with van der Waals surface area (Å²) in [4.78, 5) is 0. The quantitative estimate of drug-likeness (QED) is 0.526. The second-order valence-corrected chi connectivity index (χ2v) is 6.63. The summed E-state index contributed by atoms with van der Waals surface area (Å²) >= 11 is 4.78. The highest BCUT2D eigenvalue weighted by Gasteiger charge is 2.29. The fourth-order valence-corrected chi connectivity index (χ4v) is 3.37. The maximum absolute atomic E-state index is 9.36. The molecule has 0 radical (unpaired) electrons. The van der Waals surface area contributed by atoms with Gasteiger partial charge in [0.05, 0.1) is 3.42 Å². The van der Waals surface area contributed by atoms with Gasteiger partial charge in [-0.25, -0.2) is 0 Å². The van der Waals surface area contributed by atoms with E-state index >= 15 is 0 Å². The molecule has 0 heterocycles. The van der Waals surface area contributed by atoms with E-state index in [0.29, 0.717) is 0 Å². The number of rotatable bonds is 3. The molecule has 0 aliphatic rings. The molecule has 0 atom stereocenters. The molecule has 2 aromatic carbocycles. The van der Waals surface area contributed by atoms with Crippen molar-refractivity contribution in [2.75, 3.05) is 4.43 Å². The molecule has 0 amide bonds. The number of hydrogen-bond acceptors (Lipinski definition) is 2. The van der Waals surface area contributed by atoms with Crippen LogP contribution in [0.5, 0.6) is 11.5 Å². The van der Waals surface area contributed by atoms with E-state index in [1.807, 2.05) is 24.3 Å². The van der Waals surface area contributed by atoms with Crippen LogP contribution >= 0.6 is 45.2 Å². The zero-order valence-electron chi connectivity index (χ0n) is 9.48. The van der Waals surface area contributed by atoms with Gasteiger partial charge in [0, 0.05) is 4.43 Å². The Balaban J connectivity index is 2.47. The zero-order chi connectivity index (χ0) is 13.2. The molecule has 2 N–H and O–H groups in total. The molecule has 0 spiro atoms. The van der Waals surface area contributed by atoms with Gasteiger partial charge in [-0.1, -0.05) is 69.4 Å². The van der Waals surface area contributed by atoms with Crippen molar-refractivity contribution in [3.63, 3.8) is 0 Å². The third kappa shape index (κ3) is 2.74. The smallest absolute Gasteiger partial charge is 0.115 e. The van der Waals surface area contributed by atoms with Crippen LogP contribution in [-0.4, -0.2) is 14.6 Å². The van der Waals surface area contributed by atoms with Gasteiger partial charge in [0.1, 0.15) is 11.5 Å². The molecule has 0 aliphatic heterocycles. The molecule has 0 fully saturated rings.